The molecule has 0 aromatic heterocycles. The van der Waals surface area contributed by atoms with Crippen molar-refractivity contribution < 1.29 is 24.2 Å². The normalized spacial score (nSPS) is 26.8. The second kappa shape index (κ2) is 14.1. The summed E-state index contributed by atoms with van der Waals surface area (Å²) in [5, 5.41) is 10.8. The number of hydrogen-bond donors (Lipinski definition) is 1. The van der Waals surface area contributed by atoms with Crippen LogP contribution in [-0.2, 0) is 14.4 Å². The molecule has 3 amide bonds. The van der Waals surface area contributed by atoms with E-state index in [0.29, 0.717) is 44.0 Å². The number of rotatable bonds is 15. The molecule has 2 unspecified atom stereocenters. The lowest BCUT2D eigenvalue weighted by atomic mass is 9.66. The molecule has 2 aromatic rings. The summed E-state index contributed by atoms with van der Waals surface area (Å²) in [5.74, 6) is -1.20. The Hall–Kier alpha value is -3.56. The van der Waals surface area contributed by atoms with Crippen LogP contribution < -0.4 is 9.64 Å². The molecular formula is C37H47N3O5S. The molecule has 6 atom stereocenters. The van der Waals surface area contributed by atoms with Gasteiger partial charge in [0.15, 0.2) is 0 Å². The number of anilines is 1. The number of aliphatic hydroxyl groups is 1. The van der Waals surface area contributed by atoms with E-state index in [2.05, 4.69) is 27.0 Å². The van der Waals surface area contributed by atoms with E-state index in [1.807, 2.05) is 61.5 Å². The summed E-state index contributed by atoms with van der Waals surface area (Å²) in [6, 6.07) is 15.2. The molecule has 2 bridgehead atoms. The fourth-order valence-corrected chi connectivity index (χ4v) is 10.2. The molecule has 1 N–H and O–H groups in total. The highest BCUT2D eigenvalue weighted by molar-refractivity contribution is 8.02. The van der Waals surface area contributed by atoms with Gasteiger partial charge >= 0.3 is 0 Å². The highest BCUT2D eigenvalue weighted by Gasteiger charge is 2.78. The zero-order valence-electron chi connectivity index (χ0n) is 27.3. The van der Waals surface area contributed by atoms with Crippen molar-refractivity contribution in [1.82, 2.24) is 9.80 Å². The Kier molecular flexibility index (Phi) is 10.3. The molecule has 46 heavy (non-hydrogen) atoms. The van der Waals surface area contributed by atoms with Crippen molar-refractivity contribution in [3.8, 4) is 5.75 Å². The molecule has 3 heterocycles. The van der Waals surface area contributed by atoms with Crippen LogP contribution in [0.3, 0.4) is 0 Å². The number of benzene rings is 2. The molecule has 3 aliphatic heterocycles. The Labute approximate surface area is 277 Å². The number of aliphatic hydroxyl groups excluding tert-OH is 1. The number of nitrogens with zero attached hydrogens (tertiary/aromatic N) is 3. The third-order valence-corrected chi connectivity index (χ3v) is 11.9. The zero-order chi connectivity index (χ0) is 33.1. The summed E-state index contributed by atoms with van der Waals surface area (Å²) in [6.45, 7) is 15.3. The Morgan fingerprint density at radius 3 is 2.37 bits per heavy atom. The maximum absolute atomic E-state index is 14.9. The van der Waals surface area contributed by atoms with Gasteiger partial charge in [-0.15, -0.1) is 24.9 Å². The fraction of sp³-hybridized carbons (Fsp3) is 0.486. The second-order valence-corrected chi connectivity index (χ2v) is 14.6. The predicted molar refractivity (Wildman–Crippen MR) is 184 cm³/mol. The van der Waals surface area contributed by atoms with E-state index < -0.39 is 33.4 Å². The van der Waals surface area contributed by atoms with Gasteiger partial charge in [-0.3, -0.25) is 14.4 Å². The maximum Gasteiger partial charge on any atom is 0.247 e. The largest absolute Gasteiger partial charge is 0.494 e. The van der Waals surface area contributed by atoms with E-state index in [9.17, 15) is 19.5 Å². The first-order valence-corrected chi connectivity index (χ1v) is 17.3. The van der Waals surface area contributed by atoms with Crippen molar-refractivity contribution in [3.05, 3.63) is 85.5 Å². The van der Waals surface area contributed by atoms with Crippen molar-refractivity contribution >= 4 is 35.2 Å². The Morgan fingerprint density at radius 2 is 1.76 bits per heavy atom. The molecule has 1 spiro atoms. The lowest BCUT2D eigenvalue weighted by Gasteiger charge is -2.39. The number of hydrogen-bond acceptors (Lipinski definition) is 6. The van der Waals surface area contributed by atoms with E-state index in [-0.39, 0.29) is 30.9 Å². The standard InChI is InChI=1S/C37H47N3O5S/c1-6-10-24-38(22-7-2)35(44)32-37-21-20-36(5,46-37)30(31(37)34(43)40(32)29(25-41)26-14-12-11-13-15-26)33(42)39(23-8-3)27-16-18-28(19-17-27)45-9-4/h7-8,11-19,29-32,41H,2-3,6,9-10,20-25H2,1,4-5H3/t29-,30-,31+,32?,36+,37?/m1/s1. The smallest absolute Gasteiger partial charge is 0.247 e. The van der Waals surface area contributed by atoms with Crippen LogP contribution in [0.25, 0.3) is 0 Å². The van der Waals surface area contributed by atoms with Crippen LogP contribution in [0.15, 0.2) is 79.9 Å². The van der Waals surface area contributed by atoms with Crippen molar-refractivity contribution in [2.45, 2.75) is 68.0 Å². The molecule has 0 saturated carbocycles. The van der Waals surface area contributed by atoms with Crippen LogP contribution in [0.5, 0.6) is 5.75 Å². The molecule has 246 valence electrons. The molecular weight excluding hydrogens is 598 g/mol. The number of unbranched alkanes of at least 4 members (excludes halogenated alkanes) is 1. The van der Waals surface area contributed by atoms with Gasteiger partial charge in [-0.25, -0.2) is 0 Å². The van der Waals surface area contributed by atoms with Crippen LogP contribution in [-0.4, -0.2) is 81.0 Å². The van der Waals surface area contributed by atoms with Crippen molar-refractivity contribution in [1.29, 1.82) is 0 Å². The summed E-state index contributed by atoms with van der Waals surface area (Å²) >= 11 is 1.64. The quantitative estimate of drug-likeness (QED) is 0.253. The summed E-state index contributed by atoms with van der Waals surface area (Å²) in [7, 11) is 0. The number of thioether (sulfide) groups is 1. The zero-order valence-corrected chi connectivity index (χ0v) is 28.1. The van der Waals surface area contributed by atoms with Gasteiger partial charge in [0.25, 0.3) is 0 Å². The summed E-state index contributed by atoms with van der Waals surface area (Å²) in [5.41, 5.74) is 1.45. The highest BCUT2D eigenvalue weighted by Crippen LogP contribution is 2.72. The number of carbonyl (C=O) groups excluding carboxylic acids is 3. The number of ether oxygens (including phenoxy) is 1. The first-order chi connectivity index (χ1) is 22.2. The third kappa shape index (κ3) is 5.77. The molecule has 9 heteroatoms. The van der Waals surface area contributed by atoms with Gasteiger partial charge in [0.2, 0.25) is 17.7 Å². The van der Waals surface area contributed by atoms with Gasteiger partial charge in [-0.2, -0.15) is 0 Å². The van der Waals surface area contributed by atoms with Crippen LogP contribution >= 0.6 is 11.8 Å². The Morgan fingerprint density at radius 1 is 1.07 bits per heavy atom. The van der Waals surface area contributed by atoms with Crippen molar-refractivity contribution in [2.24, 2.45) is 11.8 Å². The minimum Gasteiger partial charge on any atom is -0.494 e. The Bertz CT molecular complexity index is 1430. The van der Waals surface area contributed by atoms with Gasteiger partial charge in [-0.1, -0.05) is 55.8 Å². The van der Waals surface area contributed by atoms with E-state index in [0.717, 1.165) is 18.4 Å². The van der Waals surface area contributed by atoms with Gasteiger partial charge in [0, 0.05) is 30.1 Å². The number of carbonyl (C=O) groups is 3. The molecule has 5 rings (SSSR count). The van der Waals surface area contributed by atoms with Crippen molar-refractivity contribution in [3.63, 3.8) is 0 Å². The molecule has 3 fully saturated rings. The van der Waals surface area contributed by atoms with Crippen LogP contribution in [0.4, 0.5) is 5.69 Å². The van der Waals surface area contributed by atoms with Gasteiger partial charge in [0.1, 0.15) is 11.8 Å². The van der Waals surface area contributed by atoms with E-state index in [4.69, 9.17) is 4.74 Å². The van der Waals surface area contributed by atoms with Crippen LogP contribution in [0.1, 0.15) is 58.1 Å². The molecule has 2 aromatic carbocycles. The van der Waals surface area contributed by atoms with Crippen molar-refractivity contribution in [2.75, 3.05) is 37.7 Å². The average Bonchev–Trinajstić information content (AvgIpc) is 3.63. The van der Waals surface area contributed by atoms with E-state index >= 15 is 0 Å². The van der Waals surface area contributed by atoms with E-state index in [1.165, 1.54) is 0 Å². The average molecular weight is 646 g/mol. The van der Waals surface area contributed by atoms with E-state index in [1.54, 1.807) is 38.6 Å². The van der Waals surface area contributed by atoms with Gasteiger partial charge < -0.3 is 24.5 Å². The number of amides is 3. The third-order valence-electron chi connectivity index (χ3n) is 9.89. The van der Waals surface area contributed by atoms with Gasteiger partial charge in [-0.05, 0) is 62.9 Å². The van der Waals surface area contributed by atoms with Gasteiger partial charge in [0.05, 0.1) is 35.8 Å². The SMILES string of the molecule is C=CCN(CCCC)C(=O)C1N([C@H](CO)c2ccccc2)C(=O)[C@@H]2[C@H](C(=O)N(CC=C)c3ccc(OCC)cc3)[C@]3(C)CCC12S3. The summed E-state index contributed by atoms with van der Waals surface area (Å²) in [4.78, 5) is 49.7. The number of fused-ring (bicyclic) bond motifs is 1. The molecule has 8 nitrogen and oxygen atoms in total. The monoisotopic (exact) mass is 645 g/mol. The molecule has 3 saturated heterocycles. The van der Waals surface area contributed by atoms with Crippen LogP contribution in [0, 0.1) is 11.8 Å². The predicted octanol–water partition coefficient (Wildman–Crippen LogP) is 5.63. The maximum atomic E-state index is 14.9. The minimum absolute atomic E-state index is 0.141. The topological polar surface area (TPSA) is 90.4 Å². The number of likely N-dealkylation sites (tertiary alicyclic amines) is 1. The fourth-order valence-electron chi connectivity index (χ4n) is 7.86. The van der Waals surface area contributed by atoms with Crippen LogP contribution in [0.2, 0.25) is 0 Å². The molecule has 0 aliphatic carbocycles. The Balaban J connectivity index is 1.61. The minimum atomic E-state index is -0.831. The highest BCUT2D eigenvalue weighted by atomic mass is 32.2. The lowest BCUT2D eigenvalue weighted by molar-refractivity contribution is -0.146. The first kappa shape index (κ1) is 33.8. The summed E-state index contributed by atoms with van der Waals surface area (Å²) < 4.78 is 4.27. The summed E-state index contributed by atoms with van der Waals surface area (Å²) in [6.07, 6.45) is 6.49. The first-order valence-electron chi connectivity index (χ1n) is 16.4. The molecule has 3 aliphatic rings. The second-order valence-electron chi connectivity index (χ2n) is 12.7. The lowest BCUT2D eigenvalue weighted by Crippen LogP contribution is -2.56. The molecule has 0 radical (unpaired) electrons.